The molecule has 7 heteroatoms. The van der Waals surface area contributed by atoms with Gasteiger partial charge >= 0.3 is 0 Å². The van der Waals surface area contributed by atoms with Crippen LogP contribution in [-0.2, 0) is 0 Å². The second-order valence-electron chi connectivity index (χ2n) is 7.55. The minimum atomic E-state index is -0.107. The van der Waals surface area contributed by atoms with Gasteiger partial charge in [-0.05, 0) is 17.7 Å². The zero-order valence-electron chi connectivity index (χ0n) is 17.5. The first-order valence-electron chi connectivity index (χ1n) is 10.6. The van der Waals surface area contributed by atoms with Crippen molar-refractivity contribution in [1.29, 1.82) is 0 Å². The molecule has 7 nitrogen and oxygen atoms in total. The average Bonchev–Trinajstić information content (AvgIpc) is 2.89. The van der Waals surface area contributed by atoms with Gasteiger partial charge in [0.1, 0.15) is 0 Å². The molecule has 158 valence electrons. The first-order chi connectivity index (χ1) is 15.8. The normalized spacial score (nSPS) is 13.8. The molecule has 5 rings (SSSR count). The Morgan fingerprint density at radius 2 is 1.34 bits per heavy atom. The van der Waals surface area contributed by atoms with Crippen LogP contribution in [0.5, 0.6) is 0 Å². The number of amides is 1. The van der Waals surface area contributed by atoms with E-state index in [2.05, 4.69) is 25.1 Å². The van der Waals surface area contributed by atoms with E-state index in [4.69, 9.17) is 0 Å². The predicted molar refractivity (Wildman–Crippen MR) is 123 cm³/mol. The molecule has 1 saturated heterocycles. The summed E-state index contributed by atoms with van der Waals surface area (Å²) >= 11 is 0. The van der Waals surface area contributed by atoms with Crippen molar-refractivity contribution in [3.05, 3.63) is 90.9 Å². The molecule has 32 heavy (non-hydrogen) atoms. The third kappa shape index (κ3) is 4.05. The topological polar surface area (TPSA) is 75.1 Å². The number of carbonyl (C=O) groups is 1. The zero-order valence-corrected chi connectivity index (χ0v) is 17.5. The molecule has 0 saturated carbocycles. The molecular weight excluding hydrogens is 400 g/mol. The van der Waals surface area contributed by atoms with Gasteiger partial charge in [-0.3, -0.25) is 4.79 Å². The lowest BCUT2D eigenvalue weighted by Gasteiger charge is -2.34. The lowest BCUT2D eigenvalue weighted by Crippen LogP contribution is -2.49. The van der Waals surface area contributed by atoms with Gasteiger partial charge in [0.05, 0.1) is 5.69 Å². The van der Waals surface area contributed by atoms with Gasteiger partial charge in [-0.15, -0.1) is 10.2 Å². The Balaban J connectivity index is 1.43. The van der Waals surface area contributed by atoms with Gasteiger partial charge in [0.2, 0.25) is 5.95 Å². The Bertz CT molecular complexity index is 1190. The van der Waals surface area contributed by atoms with Crippen molar-refractivity contribution >= 4 is 11.9 Å². The maximum atomic E-state index is 13.5. The van der Waals surface area contributed by atoms with E-state index in [0.717, 1.165) is 22.4 Å². The number of nitrogens with zero attached hydrogens (tertiary/aromatic N) is 6. The van der Waals surface area contributed by atoms with Crippen LogP contribution in [0.1, 0.15) is 10.5 Å². The van der Waals surface area contributed by atoms with Crippen LogP contribution in [0.3, 0.4) is 0 Å². The quantitative estimate of drug-likeness (QED) is 0.501. The number of benzene rings is 2. The maximum absolute atomic E-state index is 13.5. The summed E-state index contributed by atoms with van der Waals surface area (Å²) in [6.45, 7) is 2.50. The second kappa shape index (κ2) is 8.93. The lowest BCUT2D eigenvalue weighted by atomic mass is 10.0. The summed E-state index contributed by atoms with van der Waals surface area (Å²) < 4.78 is 0. The molecule has 0 spiro atoms. The fraction of sp³-hybridized carbons (Fsp3) is 0.160. The fourth-order valence-corrected chi connectivity index (χ4v) is 3.85. The largest absolute Gasteiger partial charge is 0.337 e. The van der Waals surface area contributed by atoms with Crippen molar-refractivity contribution in [3.8, 4) is 22.4 Å². The van der Waals surface area contributed by atoms with Crippen LogP contribution in [0.25, 0.3) is 22.4 Å². The van der Waals surface area contributed by atoms with E-state index in [9.17, 15) is 4.79 Å². The van der Waals surface area contributed by atoms with Crippen LogP contribution >= 0.6 is 0 Å². The molecule has 1 aliphatic heterocycles. The Kier molecular flexibility index (Phi) is 5.53. The lowest BCUT2D eigenvalue weighted by molar-refractivity contribution is 0.0740. The Hall–Kier alpha value is -4.13. The van der Waals surface area contributed by atoms with Gasteiger partial charge < -0.3 is 9.80 Å². The molecule has 1 amide bonds. The molecule has 0 unspecified atom stereocenters. The van der Waals surface area contributed by atoms with Crippen molar-refractivity contribution in [2.75, 3.05) is 31.1 Å². The summed E-state index contributed by atoms with van der Waals surface area (Å²) in [7, 11) is 0. The van der Waals surface area contributed by atoms with Crippen molar-refractivity contribution in [2.45, 2.75) is 0 Å². The highest BCUT2D eigenvalue weighted by molar-refractivity contribution is 5.99. The minimum Gasteiger partial charge on any atom is -0.337 e. The highest BCUT2D eigenvalue weighted by atomic mass is 16.2. The Morgan fingerprint density at radius 1 is 0.719 bits per heavy atom. The monoisotopic (exact) mass is 422 g/mol. The van der Waals surface area contributed by atoms with Gasteiger partial charge in [-0.1, -0.05) is 60.7 Å². The third-order valence-electron chi connectivity index (χ3n) is 5.55. The fourth-order valence-electron chi connectivity index (χ4n) is 3.85. The molecule has 4 aromatic rings. The molecule has 0 atom stereocenters. The summed E-state index contributed by atoms with van der Waals surface area (Å²) in [6.07, 6.45) is 3.46. The maximum Gasteiger partial charge on any atom is 0.275 e. The molecule has 1 fully saturated rings. The molecular formula is C25H22N6O. The van der Waals surface area contributed by atoms with Gasteiger partial charge in [0.25, 0.3) is 5.91 Å². The minimum absolute atomic E-state index is 0.107. The van der Waals surface area contributed by atoms with Gasteiger partial charge in [-0.2, -0.15) is 0 Å². The average molecular weight is 422 g/mol. The Morgan fingerprint density at radius 3 is 2.00 bits per heavy atom. The van der Waals surface area contributed by atoms with Gasteiger partial charge in [-0.25, -0.2) is 9.97 Å². The second-order valence-corrected chi connectivity index (χ2v) is 7.55. The van der Waals surface area contributed by atoms with Crippen LogP contribution in [0.4, 0.5) is 5.95 Å². The molecule has 0 bridgehead atoms. The van der Waals surface area contributed by atoms with E-state index in [0.29, 0.717) is 37.8 Å². The van der Waals surface area contributed by atoms with E-state index >= 15 is 0 Å². The number of rotatable bonds is 4. The number of aromatic nitrogens is 4. The Labute approximate surface area is 186 Å². The molecule has 2 aromatic carbocycles. The summed E-state index contributed by atoms with van der Waals surface area (Å²) in [5.74, 6) is 0.584. The summed E-state index contributed by atoms with van der Waals surface area (Å²) in [4.78, 5) is 26.0. The van der Waals surface area contributed by atoms with Crippen LogP contribution in [0.2, 0.25) is 0 Å². The van der Waals surface area contributed by atoms with Crippen LogP contribution in [-0.4, -0.2) is 57.2 Å². The van der Waals surface area contributed by atoms with E-state index in [1.807, 2.05) is 71.6 Å². The van der Waals surface area contributed by atoms with Crippen LogP contribution in [0, 0.1) is 0 Å². The summed E-state index contributed by atoms with van der Waals surface area (Å²) in [6, 6.07) is 23.5. The molecule has 1 aliphatic rings. The standard InChI is InChI=1S/C25H22N6O/c32-24(30-14-16-31(17-15-30)25-26-12-7-13-27-25)23-21(19-8-3-1-4-9-19)18-22(28-29-23)20-10-5-2-6-11-20/h1-13,18H,14-17H2. The number of carbonyl (C=O) groups excluding carboxylic acids is 1. The van der Waals surface area contributed by atoms with E-state index in [1.165, 1.54) is 0 Å². The molecule has 3 heterocycles. The molecule has 0 N–H and O–H groups in total. The van der Waals surface area contributed by atoms with Crippen molar-refractivity contribution in [2.24, 2.45) is 0 Å². The highest BCUT2D eigenvalue weighted by Crippen LogP contribution is 2.28. The van der Waals surface area contributed by atoms with Crippen molar-refractivity contribution < 1.29 is 4.79 Å². The predicted octanol–water partition coefficient (Wildman–Crippen LogP) is 3.56. The van der Waals surface area contributed by atoms with Crippen molar-refractivity contribution in [1.82, 2.24) is 25.1 Å². The summed E-state index contributed by atoms with van der Waals surface area (Å²) in [5.41, 5.74) is 3.82. The van der Waals surface area contributed by atoms with Gasteiger partial charge in [0.15, 0.2) is 5.69 Å². The number of hydrogen-bond donors (Lipinski definition) is 0. The van der Waals surface area contributed by atoms with E-state index in [1.54, 1.807) is 18.5 Å². The first-order valence-corrected chi connectivity index (χ1v) is 10.6. The van der Waals surface area contributed by atoms with E-state index in [-0.39, 0.29) is 5.91 Å². The van der Waals surface area contributed by atoms with Crippen molar-refractivity contribution in [3.63, 3.8) is 0 Å². The molecule has 0 aliphatic carbocycles. The first kappa shape index (κ1) is 19.8. The van der Waals surface area contributed by atoms with E-state index < -0.39 is 0 Å². The van der Waals surface area contributed by atoms with Crippen LogP contribution in [0.15, 0.2) is 85.2 Å². The number of hydrogen-bond acceptors (Lipinski definition) is 6. The molecule has 0 radical (unpaired) electrons. The highest BCUT2D eigenvalue weighted by Gasteiger charge is 2.27. The van der Waals surface area contributed by atoms with Crippen LogP contribution < -0.4 is 4.90 Å². The third-order valence-corrected chi connectivity index (χ3v) is 5.55. The summed E-state index contributed by atoms with van der Waals surface area (Å²) in [5, 5.41) is 8.79. The van der Waals surface area contributed by atoms with Gasteiger partial charge in [0, 0.05) is 49.7 Å². The molecule has 2 aromatic heterocycles. The zero-order chi connectivity index (χ0) is 21.8. The SMILES string of the molecule is O=C(c1nnc(-c2ccccc2)cc1-c1ccccc1)N1CCN(c2ncccn2)CC1. The number of anilines is 1. The smallest absolute Gasteiger partial charge is 0.275 e. The number of piperazine rings is 1.